The van der Waals surface area contributed by atoms with Crippen molar-refractivity contribution in [3.05, 3.63) is 24.0 Å². The lowest BCUT2D eigenvalue weighted by atomic mass is 10.3. The maximum atomic E-state index is 12.1. The first kappa shape index (κ1) is 14.0. The lowest BCUT2D eigenvalue weighted by Crippen LogP contribution is -2.22. The van der Waals surface area contributed by atoms with Crippen LogP contribution >= 0.6 is 0 Å². The maximum Gasteiger partial charge on any atom is 0.242 e. The zero-order valence-electron chi connectivity index (χ0n) is 11.3. The number of hydrogen-bond acceptors (Lipinski definition) is 4. The zero-order chi connectivity index (χ0) is 14.2. The smallest absolute Gasteiger partial charge is 0.242 e. The van der Waals surface area contributed by atoms with E-state index in [9.17, 15) is 8.42 Å². The number of aromatic nitrogens is 2. The SMILES string of the molecule is Cc1nc2cc(S(=O)(=O)N(C)C)ccc2n1CCN. The Morgan fingerprint density at radius 1 is 1.37 bits per heavy atom. The van der Waals surface area contributed by atoms with Crippen LogP contribution in [0.15, 0.2) is 23.1 Å². The van der Waals surface area contributed by atoms with Gasteiger partial charge in [0.15, 0.2) is 0 Å². The van der Waals surface area contributed by atoms with Crippen molar-refractivity contribution in [2.45, 2.75) is 18.4 Å². The van der Waals surface area contributed by atoms with Gasteiger partial charge in [-0.1, -0.05) is 0 Å². The Morgan fingerprint density at radius 2 is 2.05 bits per heavy atom. The Hall–Kier alpha value is -1.44. The molecule has 0 aliphatic heterocycles. The molecule has 0 atom stereocenters. The third kappa shape index (κ3) is 2.36. The van der Waals surface area contributed by atoms with Gasteiger partial charge in [0.25, 0.3) is 0 Å². The topological polar surface area (TPSA) is 81.2 Å². The van der Waals surface area contributed by atoms with Gasteiger partial charge in [0, 0.05) is 27.2 Å². The van der Waals surface area contributed by atoms with Crippen LogP contribution in [0.5, 0.6) is 0 Å². The van der Waals surface area contributed by atoms with Crippen LogP contribution < -0.4 is 5.73 Å². The van der Waals surface area contributed by atoms with Crippen LogP contribution in [0.4, 0.5) is 0 Å². The quantitative estimate of drug-likeness (QED) is 0.888. The highest BCUT2D eigenvalue weighted by Gasteiger charge is 2.18. The van der Waals surface area contributed by atoms with Crippen LogP contribution in [0, 0.1) is 6.92 Å². The van der Waals surface area contributed by atoms with E-state index >= 15 is 0 Å². The second kappa shape index (κ2) is 4.92. The first-order valence-corrected chi connectivity index (χ1v) is 7.41. The van der Waals surface area contributed by atoms with Crippen molar-refractivity contribution >= 4 is 21.1 Å². The van der Waals surface area contributed by atoms with E-state index in [4.69, 9.17) is 5.73 Å². The molecule has 7 heteroatoms. The largest absolute Gasteiger partial charge is 0.329 e. The van der Waals surface area contributed by atoms with Crippen LogP contribution in [0.1, 0.15) is 5.82 Å². The second-order valence-electron chi connectivity index (χ2n) is 4.54. The molecule has 6 nitrogen and oxygen atoms in total. The van der Waals surface area contributed by atoms with Crippen molar-refractivity contribution in [3.63, 3.8) is 0 Å². The van der Waals surface area contributed by atoms with E-state index in [2.05, 4.69) is 4.98 Å². The number of rotatable bonds is 4. The molecule has 0 aliphatic carbocycles. The van der Waals surface area contributed by atoms with Crippen molar-refractivity contribution in [2.24, 2.45) is 5.73 Å². The number of fused-ring (bicyclic) bond motifs is 1. The molecule has 0 bridgehead atoms. The van der Waals surface area contributed by atoms with E-state index in [0.29, 0.717) is 18.6 Å². The fraction of sp³-hybridized carbons (Fsp3) is 0.417. The summed E-state index contributed by atoms with van der Waals surface area (Å²) in [5.74, 6) is 0.833. The van der Waals surface area contributed by atoms with Crippen molar-refractivity contribution in [2.75, 3.05) is 20.6 Å². The minimum absolute atomic E-state index is 0.252. The molecular formula is C12H18N4O2S. The average Bonchev–Trinajstić information content (AvgIpc) is 2.65. The maximum absolute atomic E-state index is 12.1. The number of benzene rings is 1. The molecule has 0 saturated heterocycles. The number of nitrogens with zero attached hydrogens (tertiary/aromatic N) is 3. The van der Waals surface area contributed by atoms with Gasteiger partial charge in [0.1, 0.15) is 5.82 Å². The Balaban J connectivity index is 2.60. The highest BCUT2D eigenvalue weighted by molar-refractivity contribution is 7.89. The van der Waals surface area contributed by atoms with Gasteiger partial charge in [-0.25, -0.2) is 17.7 Å². The number of sulfonamides is 1. The summed E-state index contributed by atoms with van der Waals surface area (Å²) in [6.07, 6.45) is 0. The molecule has 1 aromatic carbocycles. The first-order chi connectivity index (χ1) is 8.87. The van der Waals surface area contributed by atoms with Gasteiger partial charge in [-0.05, 0) is 25.1 Å². The van der Waals surface area contributed by atoms with E-state index in [1.54, 1.807) is 18.2 Å². The van der Waals surface area contributed by atoms with Crippen LogP contribution in [0.2, 0.25) is 0 Å². The predicted octanol–water partition coefficient (Wildman–Crippen LogP) is 0.554. The molecule has 0 fully saturated rings. The Kier molecular flexibility index (Phi) is 3.62. The van der Waals surface area contributed by atoms with Gasteiger partial charge < -0.3 is 10.3 Å². The predicted molar refractivity (Wildman–Crippen MR) is 74.4 cm³/mol. The molecule has 0 amide bonds. The number of aryl methyl sites for hydroxylation is 1. The first-order valence-electron chi connectivity index (χ1n) is 5.97. The monoisotopic (exact) mass is 282 g/mol. The van der Waals surface area contributed by atoms with Crippen LogP contribution in [0.25, 0.3) is 11.0 Å². The molecule has 19 heavy (non-hydrogen) atoms. The zero-order valence-corrected chi connectivity index (χ0v) is 12.1. The van der Waals surface area contributed by atoms with E-state index in [-0.39, 0.29) is 4.90 Å². The Bertz CT molecular complexity index is 704. The van der Waals surface area contributed by atoms with E-state index < -0.39 is 10.0 Å². The lowest BCUT2D eigenvalue weighted by molar-refractivity contribution is 0.521. The number of imidazole rings is 1. The third-order valence-electron chi connectivity index (χ3n) is 3.04. The molecule has 0 radical (unpaired) electrons. The number of nitrogens with two attached hydrogens (primary N) is 1. The highest BCUT2D eigenvalue weighted by Crippen LogP contribution is 2.21. The molecule has 2 aromatic rings. The minimum atomic E-state index is -3.42. The van der Waals surface area contributed by atoms with Gasteiger partial charge >= 0.3 is 0 Å². The highest BCUT2D eigenvalue weighted by atomic mass is 32.2. The lowest BCUT2D eigenvalue weighted by Gasteiger charge is -2.11. The molecule has 0 saturated carbocycles. The summed E-state index contributed by atoms with van der Waals surface area (Å²) in [4.78, 5) is 4.64. The molecule has 2 N–H and O–H groups in total. The van der Waals surface area contributed by atoms with Gasteiger partial charge in [0.2, 0.25) is 10.0 Å². The van der Waals surface area contributed by atoms with Gasteiger partial charge in [-0.2, -0.15) is 0 Å². The molecular weight excluding hydrogens is 264 g/mol. The average molecular weight is 282 g/mol. The third-order valence-corrected chi connectivity index (χ3v) is 4.85. The van der Waals surface area contributed by atoms with Crippen LogP contribution in [-0.2, 0) is 16.6 Å². The van der Waals surface area contributed by atoms with Gasteiger partial charge in [-0.15, -0.1) is 0 Å². The van der Waals surface area contributed by atoms with E-state index in [1.807, 2.05) is 11.5 Å². The molecule has 0 aliphatic rings. The summed E-state index contributed by atoms with van der Waals surface area (Å²) < 4.78 is 27.3. The standard InChI is InChI=1S/C12H18N4O2S/c1-9-14-11-8-10(19(17,18)15(2)3)4-5-12(11)16(9)7-6-13/h4-5,8H,6-7,13H2,1-3H3. The Labute approximate surface area is 112 Å². The molecule has 2 rings (SSSR count). The van der Waals surface area contributed by atoms with Gasteiger partial charge in [0.05, 0.1) is 15.9 Å². The van der Waals surface area contributed by atoms with Crippen molar-refractivity contribution < 1.29 is 8.42 Å². The van der Waals surface area contributed by atoms with E-state index in [0.717, 1.165) is 11.3 Å². The van der Waals surface area contributed by atoms with Crippen molar-refractivity contribution in [1.82, 2.24) is 13.9 Å². The fourth-order valence-electron chi connectivity index (χ4n) is 2.01. The van der Waals surface area contributed by atoms with Crippen molar-refractivity contribution in [3.8, 4) is 0 Å². The summed E-state index contributed by atoms with van der Waals surface area (Å²) >= 11 is 0. The second-order valence-corrected chi connectivity index (χ2v) is 6.69. The van der Waals surface area contributed by atoms with Crippen molar-refractivity contribution in [1.29, 1.82) is 0 Å². The molecule has 1 heterocycles. The summed E-state index contributed by atoms with van der Waals surface area (Å²) in [6, 6.07) is 4.98. The van der Waals surface area contributed by atoms with Crippen LogP contribution in [0.3, 0.4) is 0 Å². The molecule has 0 spiro atoms. The summed E-state index contributed by atoms with van der Waals surface area (Å²) in [5, 5.41) is 0. The number of hydrogen-bond donors (Lipinski definition) is 1. The molecule has 0 unspecified atom stereocenters. The van der Waals surface area contributed by atoms with E-state index in [1.165, 1.54) is 18.4 Å². The summed E-state index contributed by atoms with van der Waals surface area (Å²) in [5.41, 5.74) is 7.15. The minimum Gasteiger partial charge on any atom is -0.329 e. The van der Waals surface area contributed by atoms with Gasteiger partial charge in [-0.3, -0.25) is 0 Å². The summed E-state index contributed by atoms with van der Waals surface area (Å²) in [7, 11) is -0.401. The molecule has 104 valence electrons. The summed E-state index contributed by atoms with van der Waals surface area (Å²) in [6.45, 7) is 3.07. The molecule has 1 aromatic heterocycles. The normalized spacial score (nSPS) is 12.5. The Morgan fingerprint density at radius 3 is 2.63 bits per heavy atom. The van der Waals surface area contributed by atoms with Crippen LogP contribution in [-0.4, -0.2) is 42.9 Å². The fourth-order valence-corrected chi connectivity index (χ4v) is 2.93.